The van der Waals surface area contributed by atoms with Crippen LogP contribution in [0.4, 0.5) is 5.69 Å². The first-order valence-corrected chi connectivity index (χ1v) is 15.2. The molecule has 196 valence electrons. The van der Waals surface area contributed by atoms with Gasteiger partial charge < -0.3 is 10.6 Å². The zero-order valence-electron chi connectivity index (χ0n) is 20.7. The van der Waals surface area contributed by atoms with E-state index in [1.165, 1.54) is 34.9 Å². The van der Waals surface area contributed by atoms with Gasteiger partial charge in [0.25, 0.3) is 0 Å². The van der Waals surface area contributed by atoms with Crippen molar-refractivity contribution in [3.63, 3.8) is 0 Å². The highest BCUT2D eigenvalue weighted by atomic mass is 32.2. The smallest absolute Gasteiger partial charge is 0.234 e. The molecule has 39 heavy (non-hydrogen) atoms. The lowest BCUT2D eigenvalue weighted by Crippen LogP contribution is -2.26. The second-order valence-electron chi connectivity index (χ2n) is 8.97. The van der Waals surface area contributed by atoms with Gasteiger partial charge in [0.2, 0.25) is 11.8 Å². The Kier molecular flexibility index (Phi) is 7.62. The molecule has 1 aliphatic carbocycles. The fourth-order valence-electron chi connectivity index (χ4n) is 3.94. The average molecular weight is 573 g/mol. The van der Waals surface area contributed by atoms with Crippen molar-refractivity contribution in [2.45, 2.75) is 28.4 Å². The molecule has 2 N–H and O–H groups in total. The topological polar surface area (TPSA) is 102 Å². The van der Waals surface area contributed by atoms with Gasteiger partial charge in [-0.05, 0) is 43.2 Å². The van der Waals surface area contributed by atoms with Gasteiger partial charge in [-0.15, -0.1) is 21.5 Å². The summed E-state index contributed by atoms with van der Waals surface area (Å²) in [5.74, 6) is 1.17. The molecule has 6 rings (SSSR count). The molecule has 1 aliphatic rings. The number of anilines is 1. The van der Waals surface area contributed by atoms with Crippen molar-refractivity contribution >= 4 is 62.6 Å². The van der Waals surface area contributed by atoms with E-state index in [2.05, 4.69) is 25.8 Å². The SMILES string of the molecule is O=C(CSc1nnc(-c2ccccc2)n1-c1ccccc1)Nc1ccc2nc(SCC(=O)NC3CC3)sc2c1. The van der Waals surface area contributed by atoms with Crippen LogP contribution in [0.3, 0.4) is 0 Å². The van der Waals surface area contributed by atoms with Crippen molar-refractivity contribution in [1.82, 2.24) is 25.1 Å². The van der Waals surface area contributed by atoms with Gasteiger partial charge >= 0.3 is 0 Å². The Morgan fingerprint density at radius 3 is 2.41 bits per heavy atom. The molecule has 2 aromatic heterocycles. The number of para-hydroxylation sites is 1. The van der Waals surface area contributed by atoms with Crippen molar-refractivity contribution in [3.05, 3.63) is 78.9 Å². The molecule has 0 spiro atoms. The molecule has 0 atom stereocenters. The lowest BCUT2D eigenvalue weighted by molar-refractivity contribution is -0.118. The van der Waals surface area contributed by atoms with Gasteiger partial charge in [0.15, 0.2) is 15.3 Å². The van der Waals surface area contributed by atoms with Crippen LogP contribution in [0.25, 0.3) is 27.3 Å². The van der Waals surface area contributed by atoms with Gasteiger partial charge in [-0.1, -0.05) is 72.1 Å². The number of aromatic nitrogens is 4. The highest BCUT2D eigenvalue weighted by Crippen LogP contribution is 2.32. The molecule has 3 aromatic carbocycles. The van der Waals surface area contributed by atoms with E-state index in [9.17, 15) is 9.59 Å². The molecule has 1 fully saturated rings. The van der Waals surface area contributed by atoms with Crippen LogP contribution in [0.1, 0.15) is 12.8 Å². The van der Waals surface area contributed by atoms with Crippen molar-refractivity contribution in [1.29, 1.82) is 0 Å². The molecule has 0 bridgehead atoms. The van der Waals surface area contributed by atoms with Gasteiger partial charge in [0, 0.05) is 23.0 Å². The molecule has 1 saturated carbocycles. The Balaban J connectivity index is 1.11. The summed E-state index contributed by atoms with van der Waals surface area (Å²) in [6.45, 7) is 0. The maximum Gasteiger partial charge on any atom is 0.234 e. The number of fused-ring (bicyclic) bond motifs is 1. The summed E-state index contributed by atoms with van der Waals surface area (Å²) in [7, 11) is 0. The van der Waals surface area contributed by atoms with Crippen LogP contribution in [-0.2, 0) is 9.59 Å². The van der Waals surface area contributed by atoms with E-state index >= 15 is 0 Å². The summed E-state index contributed by atoms with van der Waals surface area (Å²) >= 11 is 4.29. The lowest BCUT2D eigenvalue weighted by Gasteiger charge is -2.10. The van der Waals surface area contributed by atoms with Crippen LogP contribution in [0.15, 0.2) is 88.4 Å². The number of nitrogens with one attached hydrogen (secondary N) is 2. The number of nitrogens with zero attached hydrogens (tertiary/aromatic N) is 4. The van der Waals surface area contributed by atoms with Gasteiger partial charge in [-0.2, -0.15) is 0 Å². The number of thiazole rings is 1. The molecule has 11 heteroatoms. The fraction of sp³-hybridized carbons (Fsp3) is 0.179. The van der Waals surface area contributed by atoms with Crippen molar-refractivity contribution in [2.75, 3.05) is 16.8 Å². The number of rotatable bonds is 10. The van der Waals surface area contributed by atoms with Crippen LogP contribution in [-0.4, -0.2) is 49.1 Å². The monoisotopic (exact) mass is 572 g/mol. The number of carbonyl (C=O) groups excluding carboxylic acids is 2. The molecule has 2 heterocycles. The Hall–Kier alpha value is -3.67. The minimum Gasteiger partial charge on any atom is -0.353 e. The molecule has 2 amide bonds. The number of thioether (sulfide) groups is 2. The van der Waals surface area contributed by atoms with E-state index in [0.717, 1.165) is 44.5 Å². The molecule has 8 nitrogen and oxygen atoms in total. The Morgan fingerprint density at radius 1 is 0.897 bits per heavy atom. The summed E-state index contributed by atoms with van der Waals surface area (Å²) in [5, 5.41) is 15.4. The maximum atomic E-state index is 12.9. The summed E-state index contributed by atoms with van der Waals surface area (Å²) in [5.41, 5.74) is 3.43. The van der Waals surface area contributed by atoms with Crippen molar-refractivity contribution < 1.29 is 9.59 Å². The third kappa shape index (κ3) is 6.32. The van der Waals surface area contributed by atoms with Crippen molar-refractivity contribution in [2.24, 2.45) is 0 Å². The average Bonchev–Trinajstić information content (AvgIpc) is 3.51. The zero-order chi connectivity index (χ0) is 26.6. The van der Waals surface area contributed by atoms with Crippen LogP contribution in [0.2, 0.25) is 0 Å². The van der Waals surface area contributed by atoms with E-state index in [1.54, 1.807) is 0 Å². The Morgan fingerprint density at radius 2 is 1.64 bits per heavy atom. The third-order valence-corrected chi connectivity index (χ3v) is 9.02. The maximum absolute atomic E-state index is 12.9. The van der Waals surface area contributed by atoms with E-state index in [1.807, 2.05) is 83.4 Å². The van der Waals surface area contributed by atoms with Gasteiger partial charge in [-0.3, -0.25) is 14.2 Å². The first-order chi connectivity index (χ1) is 19.1. The summed E-state index contributed by atoms with van der Waals surface area (Å²) in [6, 6.07) is 25.8. The Labute approximate surface area is 237 Å². The second-order valence-corrected chi connectivity index (χ2v) is 12.2. The molecule has 0 radical (unpaired) electrons. The standard InChI is InChI=1S/C28H24N6O2S3/c35-24(30-20-13-14-22-23(15-20)39-28(31-22)38-17-25(36)29-19-11-12-19)16-37-27-33-32-26(18-7-3-1-4-8-18)34(27)21-9-5-2-6-10-21/h1-10,13-15,19H,11-12,16-17H2,(H,29,36)(H,30,35). The van der Waals surface area contributed by atoms with Crippen LogP contribution in [0.5, 0.6) is 0 Å². The molecular formula is C28H24N6O2S3. The minimum atomic E-state index is -0.140. The van der Waals surface area contributed by atoms with Gasteiger partial charge in [0.1, 0.15) is 0 Å². The van der Waals surface area contributed by atoms with Gasteiger partial charge in [-0.25, -0.2) is 4.98 Å². The predicted molar refractivity (Wildman–Crippen MR) is 158 cm³/mol. The van der Waals surface area contributed by atoms with E-state index in [0.29, 0.717) is 22.6 Å². The first-order valence-electron chi connectivity index (χ1n) is 12.4. The summed E-state index contributed by atoms with van der Waals surface area (Å²) in [6.07, 6.45) is 2.15. The number of benzene rings is 3. The molecule has 5 aromatic rings. The fourth-order valence-corrected chi connectivity index (χ4v) is 6.61. The van der Waals surface area contributed by atoms with E-state index in [-0.39, 0.29) is 17.6 Å². The van der Waals surface area contributed by atoms with Gasteiger partial charge in [0.05, 0.1) is 21.7 Å². The van der Waals surface area contributed by atoms with Crippen molar-refractivity contribution in [3.8, 4) is 17.1 Å². The minimum absolute atomic E-state index is 0.0474. The lowest BCUT2D eigenvalue weighted by atomic mass is 10.2. The highest BCUT2D eigenvalue weighted by Gasteiger charge is 2.23. The zero-order valence-corrected chi connectivity index (χ0v) is 23.2. The normalized spacial score (nSPS) is 12.9. The molecule has 0 saturated heterocycles. The number of carbonyl (C=O) groups is 2. The quantitative estimate of drug-likeness (QED) is 0.209. The largest absolute Gasteiger partial charge is 0.353 e. The first kappa shape index (κ1) is 25.6. The summed E-state index contributed by atoms with van der Waals surface area (Å²) < 4.78 is 3.77. The van der Waals surface area contributed by atoms with Crippen LogP contribution in [0, 0.1) is 0 Å². The Bertz CT molecular complexity index is 1620. The third-order valence-electron chi connectivity index (χ3n) is 5.93. The van der Waals surface area contributed by atoms with E-state index in [4.69, 9.17) is 0 Å². The second kappa shape index (κ2) is 11.6. The van der Waals surface area contributed by atoms with Crippen LogP contribution < -0.4 is 10.6 Å². The number of amides is 2. The molecule has 0 aliphatic heterocycles. The highest BCUT2D eigenvalue weighted by molar-refractivity contribution is 8.01. The van der Waals surface area contributed by atoms with Crippen LogP contribution >= 0.6 is 34.9 Å². The molecule has 0 unspecified atom stereocenters. The predicted octanol–water partition coefficient (Wildman–Crippen LogP) is 5.65. The number of hydrogen-bond donors (Lipinski definition) is 2. The number of hydrogen-bond acceptors (Lipinski definition) is 8. The summed E-state index contributed by atoms with van der Waals surface area (Å²) in [4.78, 5) is 29.5. The molecular weight excluding hydrogens is 549 g/mol. The van der Waals surface area contributed by atoms with E-state index < -0.39 is 0 Å².